The van der Waals surface area contributed by atoms with Crippen LogP contribution in [0.4, 0.5) is 0 Å². The molecule has 0 aliphatic rings. The van der Waals surface area contributed by atoms with Crippen molar-refractivity contribution in [1.29, 1.82) is 10.5 Å². The topological polar surface area (TPSA) is 99.1 Å². The normalized spacial score (nSPS) is 11.0. The summed E-state index contributed by atoms with van der Waals surface area (Å²) in [7, 11) is 0. The molecule has 0 unspecified atom stereocenters. The molecule has 8 rings (SSSR count). The average Bonchev–Trinajstić information content (AvgIpc) is 3.14. The summed E-state index contributed by atoms with van der Waals surface area (Å²) < 4.78 is 0. The highest BCUT2D eigenvalue weighted by atomic mass is 14.8. The Morgan fingerprint density at radius 3 is 1.22 bits per heavy atom. The van der Waals surface area contributed by atoms with E-state index in [4.69, 9.17) is 0 Å². The molecule has 0 atom stereocenters. The van der Waals surface area contributed by atoms with Crippen LogP contribution in [0.1, 0.15) is 11.1 Å². The zero-order valence-electron chi connectivity index (χ0n) is 24.4. The molecule has 0 fully saturated rings. The molecule has 212 valence electrons. The van der Waals surface area contributed by atoms with Crippen LogP contribution in [0.5, 0.6) is 0 Å². The van der Waals surface area contributed by atoms with Gasteiger partial charge in [0.15, 0.2) is 0 Å². The molecule has 46 heavy (non-hydrogen) atoms. The van der Waals surface area contributed by atoms with E-state index in [9.17, 15) is 10.5 Å². The summed E-state index contributed by atoms with van der Waals surface area (Å²) in [5, 5.41) is 25.6. The van der Waals surface area contributed by atoms with Gasteiger partial charge < -0.3 is 0 Å². The van der Waals surface area contributed by atoms with Crippen molar-refractivity contribution in [3.8, 4) is 57.2 Å². The molecule has 4 heterocycles. The monoisotopic (exact) mass is 586 g/mol. The van der Waals surface area contributed by atoms with E-state index in [1.54, 1.807) is 36.7 Å². The first-order valence-corrected chi connectivity index (χ1v) is 14.7. The standard InChI is InChI=1S/C40H22N6/c41-21-25-13-15-43-39(17-25)37-11-7-29(23-45-37)27-5-9-33-34-10-6-28(20-36(34)32-4-2-1-3-31(32)35(33)19-27)30-8-12-38(46-24-30)40-18-26(22-42)14-16-44-40/h1-20,23-24H. The molecule has 4 aromatic heterocycles. The molecule has 0 aliphatic heterocycles. The summed E-state index contributed by atoms with van der Waals surface area (Å²) in [6.07, 6.45) is 6.99. The molecule has 8 aromatic rings. The summed E-state index contributed by atoms with van der Waals surface area (Å²) in [4.78, 5) is 18.1. The molecular formula is C40H22N6. The molecule has 6 nitrogen and oxygen atoms in total. The van der Waals surface area contributed by atoms with E-state index in [-0.39, 0.29) is 0 Å². The fourth-order valence-corrected chi connectivity index (χ4v) is 6.03. The largest absolute Gasteiger partial charge is 0.255 e. The molecule has 0 bridgehead atoms. The highest BCUT2D eigenvalue weighted by Gasteiger charge is 2.12. The summed E-state index contributed by atoms with van der Waals surface area (Å²) in [5.41, 5.74) is 8.08. The van der Waals surface area contributed by atoms with Gasteiger partial charge in [-0.25, -0.2) is 0 Å². The zero-order chi connectivity index (χ0) is 31.0. The molecule has 4 aromatic carbocycles. The summed E-state index contributed by atoms with van der Waals surface area (Å²) >= 11 is 0. The minimum absolute atomic E-state index is 0.558. The Balaban J connectivity index is 1.19. The molecule has 6 heteroatoms. The lowest BCUT2D eigenvalue weighted by Crippen LogP contribution is -1.90. The molecule has 0 spiro atoms. The van der Waals surface area contributed by atoms with Crippen molar-refractivity contribution in [2.75, 3.05) is 0 Å². The van der Waals surface area contributed by atoms with Gasteiger partial charge in [-0.2, -0.15) is 10.5 Å². The van der Waals surface area contributed by atoms with Crippen LogP contribution >= 0.6 is 0 Å². The third kappa shape index (κ3) is 4.68. The predicted octanol–water partition coefficient (Wildman–Crippen LogP) is 9.14. The van der Waals surface area contributed by atoms with Crippen molar-refractivity contribution in [2.24, 2.45) is 0 Å². The number of hydrogen-bond acceptors (Lipinski definition) is 6. The number of hydrogen-bond donors (Lipinski definition) is 0. The van der Waals surface area contributed by atoms with Crippen LogP contribution < -0.4 is 0 Å². The minimum Gasteiger partial charge on any atom is -0.255 e. The fourth-order valence-electron chi connectivity index (χ4n) is 6.03. The lowest BCUT2D eigenvalue weighted by Gasteiger charge is -2.13. The first-order valence-electron chi connectivity index (χ1n) is 14.7. The number of fused-ring (bicyclic) bond motifs is 6. The van der Waals surface area contributed by atoms with Crippen LogP contribution in [0.2, 0.25) is 0 Å². The summed E-state index contributed by atoms with van der Waals surface area (Å²) in [6, 6.07) is 40.9. The Kier molecular flexibility index (Phi) is 6.45. The Labute approximate surface area is 264 Å². The zero-order valence-corrected chi connectivity index (χ0v) is 24.4. The maximum Gasteiger partial charge on any atom is 0.0992 e. The Morgan fingerprint density at radius 2 is 0.804 bits per heavy atom. The first kappa shape index (κ1) is 26.8. The van der Waals surface area contributed by atoms with E-state index in [2.05, 4.69) is 105 Å². The smallest absolute Gasteiger partial charge is 0.0992 e. The molecular weight excluding hydrogens is 564 g/mol. The van der Waals surface area contributed by atoms with Crippen molar-refractivity contribution < 1.29 is 0 Å². The molecule has 0 saturated carbocycles. The van der Waals surface area contributed by atoms with E-state index < -0.39 is 0 Å². The van der Waals surface area contributed by atoms with Crippen LogP contribution in [0.25, 0.3) is 77.3 Å². The van der Waals surface area contributed by atoms with Gasteiger partial charge in [0.1, 0.15) is 0 Å². The number of pyridine rings is 4. The minimum atomic E-state index is 0.558. The number of nitrogens with zero attached hydrogens (tertiary/aromatic N) is 6. The first-order chi connectivity index (χ1) is 22.7. The average molecular weight is 587 g/mol. The Hall–Kier alpha value is -6.76. The van der Waals surface area contributed by atoms with Gasteiger partial charge in [0, 0.05) is 35.9 Å². The van der Waals surface area contributed by atoms with E-state index in [1.165, 1.54) is 32.3 Å². The molecule has 0 N–H and O–H groups in total. The van der Waals surface area contributed by atoms with Crippen LogP contribution in [-0.4, -0.2) is 19.9 Å². The number of benzene rings is 4. The maximum absolute atomic E-state index is 9.24. The van der Waals surface area contributed by atoms with Gasteiger partial charge in [0.25, 0.3) is 0 Å². The molecule has 0 radical (unpaired) electrons. The SMILES string of the molecule is N#Cc1ccnc(-c2ccc(-c3ccc4c5ccc(-c6ccc(-c7cc(C#N)ccn7)nc6)cc5c5ccccc5c4c3)cn2)c1. The van der Waals surface area contributed by atoms with E-state index >= 15 is 0 Å². The maximum atomic E-state index is 9.24. The molecule has 0 amide bonds. The van der Waals surface area contributed by atoms with Gasteiger partial charge in [0.05, 0.1) is 46.0 Å². The molecule has 0 saturated heterocycles. The summed E-state index contributed by atoms with van der Waals surface area (Å²) in [5.74, 6) is 0. The number of nitriles is 2. The van der Waals surface area contributed by atoms with Crippen LogP contribution in [-0.2, 0) is 0 Å². The second-order valence-electron chi connectivity index (χ2n) is 11.0. The lowest BCUT2D eigenvalue weighted by atomic mass is 9.90. The Bertz CT molecular complexity index is 2340. The van der Waals surface area contributed by atoms with Crippen molar-refractivity contribution >= 4 is 32.3 Å². The highest BCUT2D eigenvalue weighted by molar-refractivity contribution is 6.26. The fraction of sp³-hybridized carbons (Fsp3) is 0. The van der Waals surface area contributed by atoms with Crippen LogP contribution in [0.15, 0.2) is 134 Å². The predicted molar refractivity (Wildman–Crippen MR) is 181 cm³/mol. The Morgan fingerprint density at radius 1 is 0.370 bits per heavy atom. The van der Waals surface area contributed by atoms with E-state index in [0.717, 1.165) is 33.6 Å². The summed E-state index contributed by atoms with van der Waals surface area (Å²) in [6.45, 7) is 0. The van der Waals surface area contributed by atoms with Gasteiger partial charge in [-0.1, -0.05) is 60.7 Å². The van der Waals surface area contributed by atoms with Gasteiger partial charge in [-0.05, 0) is 92.0 Å². The number of aromatic nitrogens is 4. The number of rotatable bonds is 4. The lowest BCUT2D eigenvalue weighted by molar-refractivity contribution is 1.24. The van der Waals surface area contributed by atoms with Crippen molar-refractivity contribution in [3.05, 3.63) is 145 Å². The van der Waals surface area contributed by atoms with Crippen molar-refractivity contribution in [3.63, 3.8) is 0 Å². The third-order valence-electron chi connectivity index (χ3n) is 8.33. The van der Waals surface area contributed by atoms with E-state index in [0.29, 0.717) is 22.5 Å². The van der Waals surface area contributed by atoms with Gasteiger partial charge in [-0.15, -0.1) is 0 Å². The second kappa shape index (κ2) is 11.1. The van der Waals surface area contributed by atoms with Gasteiger partial charge >= 0.3 is 0 Å². The van der Waals surface area contributed by atoms with E-state index in [1.807, 2.05) is 24.5 Å². The van der Waals surface area contributed by atoms with Gasteiger partial charge in [-0.3, -0.25) is 19.9 Å². The quantitative estimate of drug-likeness (QED) is 0.191. The third-order valence-corrected chi connectivity index (χ3v) is 8.33. The van der Waals surface area contributed by atoms with Crippen molar-refractivity contribution in [2.45, 2.75) is 0 Å². The highest BCUT2D eigenvalue weighted by Crippen LogP contribution is 2.39. The van der Waals surface area contributed by atoms with Crippen LogP contribution in [0, 0.1) is 22.7 Å². The second-order valence-corrected chi connectivity index (χ2v) is 11.0. The van der Waals surface area contributed by atoms with Crippen molar-refractivity contribution in [1.82, 2.24) is 19.9 Å². The van der Waals surface area contributed by atoms with Crippen LogP contribution in [0.3, 0.4) is 0 Å². The van der Waals surface area contributed by atoms with Gasteiger partial charge in [0.2, 0.25) is 0 Å². The molecule has 0 aliphatic carbocycles.